The second-order valence-corrected chi connectivity index (χ2v) is 20.8. The Morgan fingerprint density at radius 3 is 1.20 bits per heavy atom. The van der Waals surface area contributed by atoms with Crippen molar-refractivity contribution in [1.29, 1.82) is 0 Å². The Hall–Kier alpha value is -10.6. The first-order chi connectivity index (χ1) is 40.2. The summed E-state index contributed by atoms with van der Waals surface area (Å²) in [5, 5.41) is 17.2. The van der Waals surface area contributed by atoms with Crippen LogP contribution in [0.25, 0.3) is 78.0 Å². The molecule has 400 valence electrons. The summed E-state index contributed by atoms with van der Waals surface area (Å²) in [6.07, 6.45) is 7.76. The minimum atomic E-state index is -0.833. The van der Waals surface area contributed by atoms with Crippen LogP contribution in [0.1, 0.15) is 29.2 Å². The molecular formula is C66H48N8O6S2. The number of nitrogens with zero attached hydrogens (tertiary/aromatic N) is 8. The number of aliphatic carboxylic acids is 1. The number of imidazole rings is 2. The highest BCUT2D eigenvalue weighted by molar-refractivity contribution is 7.15. The average Bonchev–Trinajstić information content (AvgIpc) is 4.10. The standard InChI is InChI=1S/2C32H22N4O2S.C2H4O2/c2*37-31-29(39-32-33-27-13-7-8-14-28(27)36(31)32)19-24-20-35(25-11-5-2-6-12-25)34-30(24)23-15-17-26(18-16-23)38-21-22-9-3-1-4-10-22;1-2(3)4/h2*1-20H,21H2;1H3,(H,3,4)/b2*29-19-;. The van der Waals surface area contributed by atoms with E-state index < -0.39 is 5.97 Å². The predicted octanol–water partition coefficient (Wildman–Crippen LogP) is 11.9. The van der Waals surface area contributed by atoms with E-state index in [4.69, 9.17) is 29.6 Å². The van der Waals surface area contributed by atoms with Crippen LogP contribution in [0.3, 0.4) is 0 Å². The SMILES string of the molecule is CC(=O)O.O=c1/c(=C/c2cn(-c3ccccc3)nc2-c2ccc(OCc3ccccc3)cc2)sc2nc3ccccc3n12.O=c1/c(=C/c2cn(-c3ccccc3)nc2-c2ccc(OCc3ccccc3)cc2)sc2nc3ccccc3n12. The Labute approximate surface area is 476 Å². The Kier molecular flexibility index (Phi) is 14.9. The van der Waals surface area contributed by atoms with Crippen LogP contribution in [0.5, 0.6) is 11.5 Å². The summed E-state index contributed by atoms with van der Waals surface area (Å²) in [5.74, 6) is 0.729. The summed E-state index contributed by atoms with van der Waals surface area (Å²) in [4.78, 5) is 46.5. The average molecular weight is 1110 g/mol. The summed E-state index contributed by atoms with van der Waals surface area (Å²) in [6.45, 7) is 2.09. The Bertz CT molecular complexity index is 4470. The molecule has 14 aromatic rings. The molecule has 1 N–H and O–H groups in total. The van der Waals surface area contributed by atoms with Crippen molar-refractivity contribution in [2.45, 2.75) is 20.1 Å². The van der Waals surface area contributed by atoms with E-state index >= 15 is 0 Å². The first-order valence-corrected chi connectivity index (χ1v) is 27.7. The van der Waals surface area contributed by atoms with Crippen molar-refractivity contribution in [3.8, 4) is 45.4 Å². The topological polar surface area (TPSA) is 160 Å². The van der Waals surface area contributed by atoms with Crippen molar-refractivity contribution in [2.75, 3.05) is 0 Å². The lowest BCUT2D eigenvalue weighted by atomic mass is 10.1. The van der Waals surface area contributed by atoms with Gasteiger partial charge in [-0.2, -0.15) is 10.2 Å². The predicted molar refractivity (Wildman–Crippen MR) is 324 cm³/mol. The molecule has 0 amide bonds. The van der Waals surface area contributed by atoms with Crippen molar-refractivity contribution < 1.29 is 19.4 Å². The first-order valence-electron chi connectivity index (χ1n) is 26.1. The largest absolute Gasteiger partial charge is 0.489 e. The second-order valence-electron chi connectivity index (χ2n) is 18.8. The van der Waals surface area contributed by atoms with Crippen LogP contribution in [0.2, 0.25) is 0 Å². The highest BCUT2D eigenvalue weighted by Crippen LogP contribution is 2.29. The molecular weight excluding hydrogens is 1060 g/mol. The fraction of sp³-hybridized carbons (Fsp3) is 0.0455. The van der Waals surface area contributed by atoms with E-state index in [9.17, 15) is 9.59 Å². The van der Waals surface area contributed by atoms with Gasteiger partial charge in [-0.15, -0.1) is 0 Å². The number of rotatable bonds is 12. The van der Waals surface area contributed by atoms with Crippen LogP contribution >= 0.6 is 22.7 Å². The van der Waals surface area contributed by atoms with Gasteiger partial charge in [0.05, 0.1) is 42.5 Å². The molecule has 14 nitrogen and oxygen atoms in total. The number of hydrogen-bond donors (Lipinski definition) is 1. The third-order valence-corrected chi connectivity index (χ3v) is 15.1. The molecule has 0 radical (unpaired) electrons. The van der Waals surface area contributed by atoms with Crippen molar-refractivity contribution in [3.63, 3.8) is 0 Å². The molecule has 82 heavy (non-hydrogen) atoms. The van der Waals surface area contributed by atoms with Gasteiger partial charge in [-0.25, -0.2) is 28.1 Å². The van der Waals surface area contributed by atoms with Gasteiger partial charge in [0.2, 0.25) is 0 Å². The minimum absolute atomic E-state index is 0.0771. The van der Waals surface area contributed by atoms with Gasteiger partial charge in [0.25, 0.3) is 17.1 Å². The number of para-hydroxylation sites is 6. The maximum atomic E-state index is 13.4. The molecule has 6 heterocycles. The van der Waals surface area contributed by atoms with Crippen molar-refractivity contribution in [1.82, 2.24) is 38.3 Å². The number of benzene rings is 8. The molecule has 0 unspecified atom stereocenters. The van der Waals surface area contributed by atoms with Gasteiger partial charge in [0, 0.05) is 41.6 Å². The number of hydrogen-bond acceptors (Lipinski definition) is 11. The van der Waals surface area contributed by atoms with E-state index in [0.29, 0.717) is 32.2 Å². The van der Waals surface area contributed by atoms with E-state index in [0.717, 1.165) is 96.6 Å². The lowest BCUT2D eigenvalue weighted by Crippen LogP contribution is -2.22. The first kappa shape index (κ1) is 52.2. The van der Waals surface area contributed by atoms with Gasteiger partial charge < -0.3 is 14.6 Å². The smallest absolute Gasteiger partial charge is 0.300 e. The maximum Gasteiger partial charge on any atom is 0.300 e. The molecule has 0 saturated carbocycles. The number of fused-ring (bicyclic) bond motifs is 6. The molecule has 0 aliphatic rings. The van der Waals surface area contributed by atoms with Crippen molar-refractivity contribution in [3.05, 3.63) is 283 Å². The third-order valence-electron chi connectivity index (χ3n) is 13.1. The molecule has 0 aliphatic carbocycles. The summed E-state index contributed by atoms with van der Waals surface area (Å²) in [6, 6.07) is 71.3. The van der Waals surface area contributed by atoms with Crippen LogP contribution in [0.4, 0.5) is 0 Å². The number of carboxylic acids is 1. The number of ether oxygens (including phenoxy) is 2. The van der Waals surface area contributed by atoms with Gasteiger partial charge >= 0.3 is 0 Å². The van der Waals surface area contributed by atoms with Crippen molar-refractivity contribution in [2.24, 2.45) is 0 Å². The zero-order valence-electron chi connectivity index (χ0n) is 43.9. The van der Waals surface area contributed by atoms with Gasteiger partial charge in [-0.05, 0) is 120 Å². The zero-order chi connectivity index (χ0) is 55.9. The number of carboxylic acid groups (broad SMARTS) is 1. The molecule has 0 spiro atoms. The summed E-state index contributed by atoms with van der Waals surface area (Å²) < 4.78 is 20.2. The van der Waals surface area contributed by atoms with E-state index in [1.807, 2.05) is 252 Å². The quantitative estimate of drug-likeness (QED) is 0.125. The normalized spacial score (nSPS) is 11.7. The zero-order valence-corrected chi connectivity index (χ0v) is 45.5. The summed E-state index contributed by atoms with van der Waals surface area (Å²) in [5.41, 5.74) is 12.4. The van der Waals surface area contributed by atoms with E-state index in [-0.39, 0.29) is 11.1 Å². The summed E-state index contributed by atoms with van der Waals surface area (Å²) >= 11 is 2.77. The maximum absolute atomic E-state index is 13.4. The van der Waals surface area contributed by atoms with Crippen LogP contribution in [-0.2, 0) is 18.0 Å². The monoisotopic (exact) mass is 1110 g/mol. The Balaban J connectivity index is 0.000000152. The van der Waals surface area contributed by atoms with Gasteiger partial charge in [-0.1, -0.05) is 144 Å². The molecule has 14 rings (SSSR count). The lowest BCUT2D eigenvalue weighted by molar-refractivity contribution is -0.134. The molecule has 0 aliphatic heterocycles. The molecule has 0 fully saturated rings. The van der Waals surface area contributed by atoms with Crippen molar-refractivity contribution >= 4 is 72.8 Å². The van der Waals surface area contributed by atoms with Gasteiger partial charge in [0.1, 0.15) is 36.1 Å². The Morgan fingerprint density at radius 1 is 0.476 bits per heavy atom. The highest BCUT2D eigenvalue weighted by atomic mass is 32.1. The lowest BCUT2D eigenvalue weighted by Gasteiger charge is -2.07. The van der Waals surface area contributed by atoms with Crippen LogP contribution in [0.15, 0.2) is 240 Å². The van der Waals surface area contributed by atoms with E-state index in [2.05, 4.69) is 9.97 Å². The molecule has 16 heteroatoms. The molecule has 0 saturated heterocycles. The van der Waals surface area contributed by atoms with Crippen LogP contribution in [0, 0.1) is 0 Å². The fourth-order valence-electron chi connectivity index (χ4n) is 9.27. The van der Waals surface area contributed by atoms with Crippen LogP contribution in [-0.4, -0.2) is 49.4 Å². The summed E-state index contributed by atoms with van der Waals surface area (Å²) in [7, 11) is 0. The van der Waals surface area contributed by atoms with E-state index in [1.165, 1.54) is 22.7 Å². The van der Waals surface area contributed by atoms with Crippen LogP contribution < -0.4 is 29.7 Å². The molecule has 0 bridgehead atoms. The number of aromatic nitrogens is 8. The molecule has 0 atom stereocenters. The third kappa shape index (κ3) is 11.3. The van der Waals surface area contributed by atoms with Gasteiger partial charge in [-0.3, -0.25) is 14.4 Å². The number of thiazole rings is 2. The number of carbonyl (C=O) groups is 1. The Morgan fingerprint density at radius 2 is 0.817 bits per heavy atom. The minimum Gasteiger partial charge on any atom is -0.489 e. The van der Waals surface area contributed by atoms with E-state index in [1.54, 1.807) is 8.80 Å². The second kappa shape index (κ2) is 23.4. The highest BCUT2D eigenvalue weighted by Gasteiger charge is 2.17. The van der Waals surface area contributed by atoms with Gasteiger partial charge in [0.15, 0.2) is 9.92 Å². The molecule has 8 aromatic carbocycles. The fourth-order valence-corrected chi connectivity index (χ4v) is 11.2. The molecule has 6 aromatic heterocycles.